The number of aromatic hydroxyl groups is 1. The van der Waals surface area contributed by atoms with Gasteiger partial charge in [-0.15, -0.1) is 0 Å². The van der Waals surface area contributed by atoms with Crippen molar-refractivity contribution in [2.24, 2.45) is 29.1 Å². The zero-order valence-electron chi connectivity index (χ0n) is 29.3. The van der Waals surface area contributed by atoms with E-state index in [1.165, 1.54) is 22.6 Å². The lowest BCUT2D eigenvalue weighted by Crippen LogP contribution is -2.49. The highest BCUT2D eigenvalue weighted by Crippen LogP contribution is 2.65. The molecule has 4 aromatic carbocycles. The molecule has 8 nitrogen and oxygen atoms in total. The number of rotatable bonds is 5. The molecule has 0 spiro atoms. The van der Waals surface area contributed by atoms with E-state index < -0.39 is 52.6 Å². The van der Waals surface area contributed by atoms with Crippen molar-refractivity contribution in [2.75, 3.05) is 18.0 Å². The number of phenols is 1. The second kappa shape index (κ2) is 12.6. The quantitative estimate of drug-likeness (QED) is 0.172. The minimum absolute atomic E-state index is 0.0120. The van der Waals surface area contributed by atoms with Crippen LogP contribution in [0, 0.1) is 34.9 Å². The second-order valence-electron chi connectivity index (χ2n) is 15.5. The van der Waals surface area contributed by atoms with Crippen LogP contribution < -0.4 is 4.90 Å². The fourth-order valence-electron chi connectivity index (χ4n) is 10.3. The van der Waals surface area contributed by atoms with E-state index in [9.17, 15) is 28.7 Å². The Labute approximate surface area is 311 Å². The fourth-order valence-corrected chi connectivity index (χ4v) is 10.5. The topological polar surface area (TPSA) is 98.2 Å². The smallest absolute Gasteiger partial charge is 0.241 e. The minimum Gasteiger partial charge on any atom is -0.507 e. The van der Waals surface area contributed by atoms with Crippen molar-refractivity contribution >= 4 is 51.7 Å². The molecule has 4 fully saturated rings. The molecule has 270 valence electrons. The summed E-state index contributed by atoms with van der Waals surface area (Å²) in [5.74, 6) is -5.37. The van der Waals surface area contributed by atoms with Gasteiger partial charge in [0, 0.05) is 42.5 Å². The number of anilines is 1. The van der Waals surface area contributed by atoms with Gasteiger partial charge in [0.05, 0.1) is 33.9 Å². The molecule has 4 aromatic rings. The normalized spacial score (nSPS) is 29.0. The highest BCUT2D eigenvalue weighted by atomic mass is 35.5. The third-order valence-corrected chi connectivity index (χ3v) is 13.2. The molecule has 5 aliphatic rings. The molecule has 1 saturated carbocycles. The number of benzene rings is 4. The van der Waals surface area contributed by atoms with E-state index in [2.05, 4.69) is 17.0 Å². The van der Waals surface area contributed by atoms with E-state index in [1.807, 2.05) is 60.7 Å². The van der Waals surface area contributed by atoms with Crippen LogP contribution in [0.5, 0.6) is 5.75 Å². The second-order valence-corrected chi connectivity index (χ2v) is 15.9. The molecule has 9 rings (SSSR count). The van der Waals surface area contributed by atoms with Gasteiger partial charge in [-0.2, -0.15) is 0 Å². The van der Waals surface area contributed by atoms with E-state index >= 15 is 0 Å². The van der Waals surface area contributed by atoms with Crippen molar-refractivity contribution in [2.45, 2.75) is 51.1 Å². The molecule has 3 saturated heterocycles. The van der Waals surface area contributed by atoms with Crippen molar-refractivity contribution < 1.29 is 28.7 Å². The monoisotopic (exact) mass is 731 g/mol. The van der Waals surface area contributed by atoms with E-state index in [0.29, 0.717) is 30.2 Å². The van der Waals surface area contributed by atoms with Gasteiger partial charge in [-0.25, -0.2) is 9.29 Å². The Kier molecular flexibility index (Phi) is 8.09. The molecular weight excluding hydrogens is 693 g/mol. The number of hydrogen-bond donors (Lipinski definition) is 1. The Morgan fingerprint density at radius 3 is 2.36 bits per heavy atom. The maximum Gasteiger partial charge on any atom is 0.241 e. The summed E-state index contributed by atoms with van der Waals surface area (Å²) in [6, 6.07) is 25.0. The van der Waals surface area contributed by atoms with Crippen LogP contribution in [-0.4, -0.2) is 57.7 Å². The van der Waals surface area contributed by atoms with Crippen LogP contribution in [-0.2, 0) is 25.7 Å². The van der Waals surface area contributed by atoms with Crippen LogP contribution in [0.4, 0.5) is 10.1 Å². The highest BCUT2D eigenvalue weighted by Gasteiger charge is 2.68. The van der Waals surface area contributed by atoms with Gasteiger partial charge in [0.1, 0.15) is 11.6 Å². The van der Waals surface area contributed by atoms with Gasteiger partial charge >= 0.3 is 0 Å². The molecule has 0 bridgehead atoms. The summed E-state index contributed by atoms with van der Waals surface area (Å²) >= 11 is 6.15. The van der Waals surface area contributed by atoms with Gasteiger partial charge in [-0.1, -0.05) is 90.0 Å². The molecule has 6 atom stereocenters. The Balaban J connectivity index is 1.09. The first kappa shape index (κ1) is 33.9. The first-order valence-corrected chi connectivity index (χ1v) is 18.8. The number of phenolic OH excluding ortho intramolecular Hbond substituents is 1. The van der Waals surface area contributed by atoms with Crippen LogP contribution in [0.1, 0.15) is 49.7 Å². The van der Waals surface area contributed by atoms with Crippen molar-refractivity contribution in [3.63, 3.8) is 0 Å². The van der Waals surface area contributed by atoms with E-state index in [4.69, 9.17) is 11.6 Å². The molecule has 1 N–H and O–H groups in total. The number of piperidine rings is 1. The molecule has 0 radical (unpaired) electrons. The first-order valence-electron chi connectivity index (χ1n) is 18.4. The summed E-state index contributed by atoms with van der Waals surface area (Å²) in [6.45, 7) is 4.11. The van der Waals surface area contributed by atoms with E-state index in [1.54, 1.807) is 6.92 Å². The summed E-state index contributed by atoms with van der Waals surface area (Å²) in [6.07, 6.45) is 3.89. The number of allylic oxidation sites excluding steroid dienone is 2. The summed E-state index contributed by atoms with van der Waals surface area (Å²) in [5, 5.41) is 13.1. The maximum absolute atomic E-state index is 14.8. The van der Waals surface area contributed by atoms with Gasteiger partial charge in [0.2, 0.25) is 23.6 Å². The van der Waals surface area contributed by atoms with Crippen LogP contribution in [0.3, 0.4) is 0 Å². The number of nitrogens with zero attached hydrogens (tertiary/aromatic N) is 3. The molecule has 3 aliphatic heterocycles. The zero-order chi connectivity index (χ0) is 36.8. The minimum atomic E-state index is -1.36. The Morgan fingerprint density at radius 2 is 1.60 bits per heavy atom. The maximum atomic E-state index is 14.8. The third-order valence-electron chi connectivity index (χ3n) is 12.9. The molecule has 2 aliphatic carbocycles. The SMILES string of the molecule is C[C@@]12C(=O)N(c3ccc(F)c(Cl)c3)C(=O)[C@@H]1C[C@@H]1C(=CC[C@@H]3C(=O)N(C4CCN(Cc5ccccc5)CC4)C(=O)[C@@H]31)[C@@H]2c1ccc2ccccc2c1O. The summed E-state index contributed by atoms with van der Waals surface area (Å²) in [4.78, 5) is 63.1. The predicted octanol–water partition coefficient (Wildman–Crippen LogP) is 7.23. The number of amides is 4. The third kappa shape index (κ3) is 5.11. The van der Waals surface area contributed by atoms with Crippen LogP contribution in [0.2, 0.25) is 5.02 Å². The lowest BCUT2D eigenvalue weighted by atomic mass is 9.51. The Bertz CT molecular complexity index is 2240. The molecular formula is C43H39ClFN3O5. The fraction of sp³-hybridized carbons (Fsp3) is 0.349. The standard InChI is InChI=1S/C43H39ClFN3O5/c1-43-33(40(51)48(42(43)53)27-12-16-35(45)34(44)21-27)22-32-29(37(43)31-13-11-25-9-5-6-10-28(25)38(31)49)14-15-30-36(32)41(52)47(39(30)50)26-17-19-46(20-18-26)23-24-7-3-2-4-8-24/h2-14,16,21,26,30,32-33,36-37,49H,15,17-20,22-23H2,1H3/t30-,32+,33-,36-,37+,43+/m0/s1. The molecule has 53 heavy (non-hydrogen) atoms. The van der Waals surface area contributed by atoms with Crippen molar-refractivity contribution in [1.82, 2.24) is 9.80 Å². The predicted molar refractivity (Wildman–Crippen MR) is 198 cm³/mol. The van der Waals surface area contributed by atoms with Gasteiger partial charge in [-0.3, -0.25) is 29.0 Å². The van der Waals surface area contributed by atoms with Crippen LogP contribution >= 0.6 is 11.6 Å². The number of carbonyl (C=O) groups is 4. The number of likely N-dealkylation sites (tertiary alicyclic amines) is 2. The van der Waals surface area contributed by atoms with Crippen molar-refractivity contribution in [3.05, 3.63) is 119 Å². The Hall–Kier alpha value is -4.86. The molecule has 4 amide bonds. The van der Waals surface area contributed by atoms with Gasteiger partial charge in [-0.05, 0) is 67.7 Å². The lowest BCUT2D eigenvalue weighted by Gasteiger charge is -2.49. The summed E-state index contributed by atoms with van der Waals surface area (Å²) < 4.78 is 14.3. The van der Waals surface area contributed by atoms with Crippen LogP contribution in [0.15, 0.2) is 96.6 Å². The van der Waals surface area contributed by atoms with Crippen LogP contribution in [0.25, 0.3) is 10.8 Å². The average Bonchev–Trinajstić information content (AvgIpc) is 3.53. The first-order chi connectivity index (χ1) is 25.6. The molecule has 10 heteroatoms. The molecule has 3 heterocycles. The zero-order valence-corrected chi connectivity index (χ0v) is 30.0. The number of carbonyl (C=O) groups excluding carboxylic acids is 4. The largest absolute Gasteiger partial charge is 0.507 e. The molecule has 0 aromatic heterocycles. The number of hydrogen-bond acceptors (Lipinski definition) is 6. The summed E-state index contributed by atoms with van der Waals surface area (Å²) in [5.41, 5.74) is 1.32. The highest BCUT2D eigenvalue weighted by molar-refractivity contribution is 6.31. The lowest BCUT2D eigenvalue weighted by molar-refractivity contribution is -0.144. The van der Waals surface area contributed by atoms with Crippen molar-refractivity contribution in [3.8, 4) is 5.75 Å². The van der Waals surface area contributed by atoms with Gasteiger partial charge < -0.3 is 5.11 Å². The summed E-state index contributed by atoms with van der Waals surface area (Å²) in [7, 11) is 0. The number of halogens is 2. The van der Waals surface area contributed by atoms with Gasteiger partial charge in [0.25, 0.3) is 0 Å². The average molecular weight is 732 g/mol. The van der Waals surface area contributed by atoms with Crippen molar-refractivity contribution in [1.29, 1.82) is 0 Å². The van der Waals surface area contributed by atoms with E-state index in [0.717, 1.165) is 41.6 Å². The number of fused-ring (bicyclic) bond motifs is 5. The Morgan fingerprint density at radius 1 is 0.868 bits per heavy atom. The van der Waals surface area contributed by atoms with E-state index in [-0.39, 0.29) is 40.7 Å². The number of imide groups is 2. The van der Waals surface area contributed by atoms with Gasteiger partial charge in [0.15, 0.2) is 0 Å². The molecule has 0 unspecified atom stereocenters.